The van der Waals surface area contributed by atoms with Crippen molar-refractivity contribution in [1.82, 2.24) is 20.5 Å². The number of hydrogen-bond acceptors (Lipinski definition) is 6. The van der Waals surface area contributed by atoms with Crippen LogP contribution in [0.3, 0.4) is 0 Å². The minimum absolute atomic E-state index is 0.0696. The van der Waals surface area contributed by atoms with Gasteiger partial charge in [-0.2, -0.15) is 0 Å². The van der Waals surface area contributed by atoms with Gasteiger partial charge in [0.15, 0.2) is 0 Å². The molecule has 8 nitrogen and oxygen atoms in total. The number of carbonyl (C=O) groups excluding carboxylic acids is 2. The fraction of sp³-hybridized carbons (Fsp3) is 0.500. The normalized spacial score (nSPS) is 15.2. The molecule has 2 atom stereocenters. The summed E-state index contributed by atoms with van der Waals surface area (Å²) in [7, 11) is 1.70. The number of aryl methyl sites for hydroxylation is 3. The van der Waals surface area contributed by atoms with Crippen molar-refractivity contribution in [2.45, 2.75) is 98.3 Å². The van der Waals surface area contributed by atoms with E-state index in [0.717, 1.165) is 68.6 Å². The molecule has 4 rings (SSSR count). The Hall–Kier alpha value is -3.91. The van der Waals surface area contributed by atoms with E-state index in [1.165, 1.54) is 16.8 Å². The number of nitrogens with zero attached hydrogens (tertiary/aromatic N) is 3. The maximum atomic E-state index is 13.1. The second kappa shape index (κ2) is 16.6. The third-order valence-electron chi connectivity index (χ3n) is 9.42. The van der Waals surface area contributed by atoms with Gasteiger partial charge in [0.25, 0.3) is 11.8 Å². The van der Waals surface area contributed by atoms with Crippen molar-refractivity contribution in [3.63, 3.8) is 0 Å². The maximum absolute atomic E-state index is 13.1. The summed E-state index contributed by atoms with van der Waals surface area (Å²) < 4.78 is 5.41. The van der Waals surface area contributed by atoms with Gasteiger partial charge in [0, 0.05) is 73.5 Å². The van der Waals surface area contributed by atoms with Gasteiger partial charge in [-0.25, -0.2) is 0 Å². The van der Waals surface area contributed by atoms with Crippen molar-refractivity contribution in [1.29, 1.82) is 0 Å². The molecule has 248 valence electrons. The summed E-state index contributed by atoms with van der Waals surface area (Å²) in [5.41, 5.74) is 6.61. The number of anilines is 1. The second-order valence-corrected chi connectivity index (χ2v) is 12.9. The van der Waals surface area contributed by atoms with Gasteiger partial charge in [-0.15, -0.1) is 0 Å². The van der Waals surface area contributed by atoms with Gasteiger partial charge in [-0.05, 0) is 125 Å². The molecule has 46 heavy (non-hydrogen) atoms. The summed E-state index contributed by atoms with van der Waals surface area (Å²) in [6, 6.07) is 15.0. The minimum atomic E-state index is -0.0933. The van der Waals surface area contributed by atoms with E-state index in [1.54, 1.807) is 7.11 Å². The molecule has 1 fully saturated rings. The first-order chi connectivity index (χ1) is 22.1. The number of ether oxygens (including phenoxy) is 1. The molecule has 0 aliphatic carbocycles. The number of likely N-dealkylation sites (tertiary alicyclic amines) is 1. The van der Waals surface area contributed by atoms with Crippen molar-refractivity contribution < 1.29 is 14.3 Å². The molecule has 2 heterocycles. The van der Waals surface area contributed by atoms with Gasteiger partial charge in [0.1, 0.15) is 5.75 Å². The van der Waals surface area contributed by atoms with E-state index in [-0.39, 0.29) is 17.9 Å². The summed E-state index contributed by atoms with van der Waals surface area (Å²) >= 11 is 0. The lowest BCUT2D eigenvalue weighted by atomic mass is 9.97. The fourth-order valence-electron chi connectivity index (χ4n) is 6.62. The first-order valence-corrected chi connectivity index (χ1v) is 16.9. The Kier molecular flexibility index (Phi) is 12.6. The molecule has 3 aromatic rings. The SMILES string of the molecule is CCCC(C)NC(=O)c1c(C)cc(C(=O)NCC[C@@H](C)N2CCC(N(Cc3cnccc3C)c3ccc(OC)cc3)CC2)cc1C. The number of hydrogen-bond donors (Lipinski definition) is 2. The van der Waals surface area contributed by atoms with E-state index < -0.39 is 0 Å². The van der Waals surface area contributed by atoms with Crippen molar-refractivity contribution in [3.05, 3.63) is 88.2 Å². The minimum Gasteiger partial charge on any atom is -0.497 e. The molecule has 1 aliphatic heterocycles. The highest BCUT2D eigenvalue weighted by Gasteiger charge is 2.28. The van der Waals surface area contributed by atoms with Crippen LogP contribution >= 0.6 is 0 Å². The Labute approximate surface area is 275 Å². The zero-order chi connectivity index (χ0) is 33.2. The maximum Gasteiger partial charge on any atom is 0.252 e. The Morgan fingerprint density at radius 2 is 1.65 bits per heavy atom. The summed E-state index contributed by atoms with van der Waals surface area (Å²) in [4.78, 5) is 35.4. The standard InChI is InChI=1S/C38H53N5O3/c1-8-9-29(5)41-38(45)36-27(3)22-31(23-28(36)4)37(44)40-19-15-30(6)42-20-16-34(17-21-42)43(25-32-24-39-18-14-26(32)2)33-10-12-35(46-7)13-11-33/h10-14,18,22-24,29-30,34H,8-9,15-17,19-21,25H2,1-7H3,(H,40,44)(H,41,45)/t29?,30-/m1/s1. The summed E-state index contributed by atoms with van der Waals surface area (Å²) in [5, 5.41) is 6.21. The number of piperidine rings is 1. The van der Waals surface area contributed by atoms with Crippen LogP contribution in [0.2, 0.25) is 0 Å². The van der Waals surface area contributed by atoms with Gasteiger partial charge in [0.2, 0.25) is 0 Å². The van der Waals surface area contributed by atoms with E-state index in [4.69, 9.17) is 4.74 Å². The zero-order valence-electron chi connectivity index (χ0n) is 28.9. The lowest BCUT2D eigenvalue weighted by Gasteiger charge is -2.42. The van der Waals surface area contributed by atoms with E-state index in [9.17, 15) is 9.59 Å². The van der Waals surface area contributed by atoms with Crippen molar-refractivity contribution >= 4 is 17.5 Å². The number of benzene rings is 2. The zero-order valence-corrected chi connectivity index (χ0v) is 28.9. The monoisotopic (exact) mass is 627 g/mol. The van der Waals surface area contributed by atoms with Gasteiger partial charge in [-0.3, -0.25) is 14.6 Å². The Balaban J connectivity index is 1.30. The van der Waals surface area contributed by atoms with Crippen LogP contribution in [0.1, 0.15) is 95.8 Å². The topological polar surface area (TPSA) is 86.8 Å². The van der Waals surface area contributed by atoms with Crippen molar-refractivity contribution in [3.8, 4) is 5.75 Å². The lowest BCUT2D eigenvalue weighted by Crippen LogP contribution is -2.48. The lowest BCUT2D eigenvalue weighted by molar-refractivity contribution is 0.0927. The average molecular weight is 628 g/mol. The molecule has 1 aromatic heterocycles. The molecular formula is C38H53N5O3. The van der Waals surface area contributed by atoms with Crippen LogP contribution < -0.4 is 20.3 Å². The van der Waals surface area contributed by atoms with Crippen molar-refractivity contribution in [2.24, 2.45) is 0 Å². The highest BCUT2D eigenvalue weighted by Crippen LogP contribution is 2.29. The van der Waals surface area contributed by atoms with Gasteiger partial charge < -0.3 is 25.2 Å². The largest absolute Gasteiger partial charge is 0.497 e. The number of rotatable bonds is 14. The second-order valence-electron chi connectivity index (χ2n) is 12.9. The Morgan fingerprint density at radius 1 is 0.978 bits per heavy atom. The number of amides is 2. The highest BCUT2D eigenvalue weighted by atomic mass is 16.5. The molecule has 2 N–H and O–H groups in total. The van der Waals surface area contributed by atoms with E-state index in [2.05, 4.69) is 64.4 Å². The number of aromatic nitrogens is 1. The highest BCUT2D eigenvalue weighted by molar-refractivity contribution is 6.00. The molecule has 1 unspecified atom stereocenters. The Bertz CT molecular complexity index is 1430. The fourth-order valence-corrected chi connectivity index (χ4v) is 6.62. The van der Waals surface area contributed by atoms with Gasteiger partial charge in [-0.1, -0.05) is 13.3 Å². The molecule has 1 saturated heterocycles. The molecule has 0 spiro atoms. The summed E-state index contributed by atoms with van der Waals surface area (Å²) in [6.07, 6.45) is 8.81. The first kappa shape index (κ1) is 35.0. The third-order valence-corrected chi connectivity index (χ3v) is 9.42. The average Bonchev–Trinajstić information content (AvgIpc) is 3.04. The van der Waals surface area contributed by atoms with Gasteiger partial charge >= 0.3 is 0 Å². The molecule has 0 bridgehead atoms. The molecule has 0 radical (unpaired) electrons. The van der Waals surface area contributed by atoms with Crippen LogP contribution in [0, 0.1) is 20.8 Å². The van der Waals surface area contributed by atoms with E-state index in [0.29, 0.717) is 29.8 Å². The number of methoxy groups -OCH3 is 1. The summed E-state index contributed by atoms with van der Waals surface area (Å²) in [6.45, 7) is 15.8. The van der Waals surface area contributed by atoms with Gasteiger partial charge in [0.05, 0.1) is 7.11 Å². The molecule has 8 heteroatoms. The van der Waals surface area contributed by atoms with Crippen LogP contribution in [0.4, 0.5) is 5.69 Å². The number of pyridine rings is 1. The van der Waals surface area contributed by atoms with Crippen LogP contribution in [-0.2, 0) is 6.54 Å². The van der Waals surface area contributed by atoms with Crippen LogP contribution in [-0.4, -0.2) is 66.6 Å². The smallest absolute Gasteiger partial charge is 0.252 e. The predicted octanol–water partition coefficient (Wildman–Crippen LogP) is 6.61. The number of nitrogens with one attached hydrogen (secondary N) is 2. The summed E-state index contributed by atoms with van der Waals surface area (Å²) in [5.74, 6) is 0.697. The first-order valence-electron chi connectivity index (χ1n) is 16.9. The van der Waals surface area contributed by atoms with E-state index >= 15 is 0 Å². The van der Waals surface area contributed by atoms with E-state index in [1.807, 2.05) is 57.4 Å². The molecular weight excluding hydrogens is 574 g/mol. The van der Waals surface area contributed by atoms with Crippen molar-refractivity contribution in [2.75, 3.05) is 31.6 Å². The third kappa shape index (κ3) is 9.09. The molecule has 1 aliphatic rings. The van der Waals surface area contributed by atoms with Crippen LogP contribution in [0.15, 0.2) is 54.9 Å². The predicted molar refractivity (Wildman–Crippen MR) is 187 cm³/mol. The Morgan fingerprint density at radius 3 is 2.26 bits per heavy atom. The molecule has 2 aromatic carbocycles. The quantitative estimate of drug-likeness (QED) is 0.209. The van der Waals surface area contributed by atoms with Crippen LogP contribution in [0.25, 0.3) is 0 Å². The number of carbonyl (C=O) groups is 2. The van der Waals surface area contributed by atoms with Crippen LogP contribution in [0.5, 0.6) is 5.75 Å². The molecule has 2 amide bonds. The molecule has 0 saturated carbocycles.